The molecule has 2 nitrogen and oxygen atoms in total. The summed E-state index contributed by atoms with van der Waals surface area (Å²) in [4.78, 5) is 13.4. The molecule has 0 saturated carbocycles. The summed E-state index contributed by atoms with van der Waals surface area (Å²) in [5.41, 5.74) is -1.12. The normalized spacial score (nSPS) is 23.4. The van der Waals surface area contributed by atoms with Crippen molar-refractivity contribution in [3.63, 3.8) is 0 Å². The van der Waals surface area contributed by atoms with Gasteiger partial charge in [-0.25, -0.2) is 0 Å². The summed E-state index contributed by atoms with van der Waals surface area (Å²) < 4.78 is 38.6. The summed E-state index contributed by atoms with van der Waals surface area (Å²) in [6.45, 7) is 3.24. The number of likely N-dealkylation sites (tertiary alicyclic amines) is 1. The van der Waals surface area contributed by atoms with Crippen LogP contribution in [0.25, 0.3) is 0 Å². The van der Waals surface area contributed by atoms with E-state index in [-0.39, 0.29) is 18.9 Å². The molecule has 106 valence electrons. The standard InChI is InChI=1S/C12H19BrF3NO/c1-11(2)9(12(14,15)16)6-8-17(11)10(18)5-3-4-7-13/h9H,3-8H2,1-2H3. The largest absolute Gasteiger partial charge is 0.394 e. The maximum Gasteiger partial charge on any atom is 0.394 e. The van der Waals surface area contributed by atoms with E-state index in [0.29, 0.717) is 12.8 Å². The number of carbonyl (C=O) groups is 1. The maximum absolute atomic E-state index is 12.9. The molecule has 0 aromatic heterocycles. The Morgan fingerprint density at radius 1 is 1.39 bits per heavy atom. The average Bonchev–Trinajstić information content (AvgIpc) is 2.53. The van der Waals surface area contributed by atoms with Gasteiger partial charge in [0, 0.05) is 23.8 Å². The van der Waals surface area contributed by atoms with Crippen LogP contribution in [-0.2, 0) is 4.79 Å². The zero-order valence-corrected chi connectivity index (χ0v) is 12.3. The van der Waals surface area contributed by atoms with Gasteiger partial charge in [-0.3, -0.25) is 4.79 Å². The van der Waals surface area contributed by atoms with E-state index in [1.54, 1.807) is 0 Å². The molecule has 1 heterocycles. The maximum atomic E-state index is 12.9. The van der Waals surface area contributed by atoms with Crippen LogP contribution >= 0.6 is 15.9 Å². The smallest absolute Gasteiger partial charge is 0.337 e. The number of alkyl halides is 4. The number of hydrogen-bond donors (Lipinski definition) is 0. The molecule has 1 saturated heterocycles. The summed E-state index contributed by atoms with van der Waals surface area (Å²) >= 11 is 3.27. The van der Waals surface area contributed by atoms with E-state index < -0.39 is 17.6 Å². The van der Waals surface area contributed by atoms with Crippen LogP contribution in [0.2, 0.25) is 0 Å². The summed E-state index contributed by atoms with van der Waals surface area (Å²) in [5.74, 6) is -1.57. The fourth-order valence-corrected chi connectivity index (χ4v) is 3.00. The fraction of sp³-hybridized carbons (Fsp3) is 0.917. The zero-order chi connectivity index (χ0) is 14.0. The number of unbranched alkanes of at least 4 members (excludes halogenated alkanes) is 1. The van der Waals surface area contributed by atoms with E-state index in [1.807, 2.05) is 0 Å². The molecule has 0 bridgehead atoms. The van der Waals surface area contributed by atoms with Gasteiger partial charge in [0.05, 0.1) is 5.92 Å². The molecule has 1 aliphatic rings. The van der Waals surface area contributed by atoms with Gasteiger partial charge in [0.15, 0.2) is 0 Å². The van der Waals surface area contributed by atoms with Crippen molar-refractivity contribution in [3.8, 4) is 0 Å². The van der Waals surface area contributed by atoms with Gasteiger partial charge in [-0.05, 0) is 33.1 Å². The van der Waals surface area contributed by atoms with E-state index in [2.05, 4.69) is 15.9 Å². The first-order valence-corrected chi connectivity index (χ1v) is 7.26. The molecule has 1 unspecified atom stereocenters. The Bertz CT molecular complexity index is 304. The Morgan fingerprint density at radius 3 is 2.44 bits per heavy atom. The van der Waals surface area contributed by atoms with Crippen LogP contribution in [0, 0.1) is 5.92 Å². The summed E-state index contributed by atoms with van der Waals surface area (Å²) in [6, 6.07) is 0. The Labute approximate surface area is 114 Å². The van der Waals surface area contributed by atoms with Crippen LogP contribution in [0.15, 0.2) is 0 Å². The third kappa shape index (κ3) is 3.39. The Morgan fingerprint density at radius 2 is 2.00 bits per heavy atom. The van der Waals surface area contributed by atoms with E-state index in [4.69, 9.17) is 0 Å². The van der Waals surface area contributed by atoms with Gasteiger partial charge in [-0.1, -0.05) is 15.9 Å². The molecule has 0 aromatic carbocycles. The second-order valence-corrected chi connectivity index (χ2v) is 6.02. The van der Waals surface area contributed by atoms with Gasteiger partial charge in [-0.15, -0.1) is 0 Å². The van der Waals surface area contributed by atoms with Crippen LogP contribution in [0.4, 0.5) is 13.2 Å². The molecule has 6 heteroatoms. The molecule has 1 rings (SSSR count). The Kier molecular flexibility index (Phi) is 5.09. The van der Waals surface area contributed by atoms with Crippen molar-refractivity contribution < 1.29 is 18.0 Å². The number of carbonyl (C=O) groups excluding carboxylic acids is 1. The highest BCUT2D eigenvalue weighted by atomic mass is 79.9. The van der Waals surface area contributed by atoms with Gasteiger partial charge in [0.25, 0.3) is 0 Å². The first-order chi connectivity index (χ1) is 8.21. The highest BCUT2D eigenvalue weighted by Gasteiger charge is 2.55. The number of halogens is 4. The summed E-state index contributed by atoms with van der Waals surface area (Å²) in [5, 5.41) is 0.814. The lowest BCUT2D eigenvalue weighted by atomic mass is 9.87. The minimum Gasteiger partial charge on any atom is -0.337 e. The molecule has 0 aromatic rings. The molecule has 1 amide bonds. The van der Waals surface area contributed by atoms with E-state index >= 15 is 0 Å². The van der Waals surface area contributed by atoms with Crippen molar-refractivity contribution in [1.82, 2.24) is 4.90 Å². The molecule has 0 aliphatic carbocycles. The average molecular weight is 330 g/mol. The first kappa shape index (κ1) is 15.8. The molecular formula is C12H19BrF3NO. The Balaban J connectivity index is 2.66. The van der Waals surface area contributed by atoms with E-state index in [0.717, 1.165) is 11.8 Å². The quantitative estimate of drug-likeness (QED) is 0.568. The van der Waals surface area contributed by atoms with Crippen LogP contribution in [0.1, 0.15) is 39.5 Å². The molecule has 1 fully saturated rings. The first-order valence-electron chi connectivity index (χ1n) is 6.14. The van der Waals surface area contributed by atoms with Gasteiger partial charge in [0.1, 0.15) is 0 Å². The monoisotopic (exact) mass is 329 g/mol. The lowest BCUT2D eigenvalue weighted by molar-refractivity contribution is -0.192. The second-order valence-electron chi connectivity index (χ2n) is 5.23. The summed E-state index contributed by atoms with van der Waals surface area (Å²) in [7, 11) is 0. The van der Waals surface area contributed by atoms with E-state index in [1.165, 1.54) is 18.7 Å². The van der Waals surface area contributed by atoms with Crippen molar-refractivity contribution >= 4 is 21.8 Å². The van der Waals surface area contributed by atoms with Gasteiger partial charge >= 0.3 is 6.18 Å². The Hall–Kier alpha value is -0.260. The minimum atomic E-state index is -4.23. The molecule has 1 atom stereocenters. The number of rotatable bonds is 4. The third-order valence-electron chi connectivity index (χ3n) is 3.66. The minimum absolute atomic E-state index is 0.0146. The van der Waals surface area contributed by atoms with Crippen molar-refractivity contribution in [3.05, 3.63) is 0 Å². The fourth-order valence-electron chi connectivity index (χ4n) is 2.60. The highest BCUT2D eigenvalue weighted by Crippen LogP contribution is 2.44. The predicted octanol–water partition coefficient (Wildman–Crippen LogP) is 3.74. The van der Waals surface area contributed by atoms with Crippen molar-refractivity contribution in [2.45, 2.75) is 51.2 Å². The lowest BCUT2D eigenvalue weighted by Gasteiger charge is -2.36. The van der Waals surface area contributed by atoms with Crippen molar-refractivity contribution in [2.75, 3.05) is 11.9 Å². The molecular weight excluding hydrogens is 311 g/mol. The third-order valence-corrected chi connectivity index (χ3v) is 4.22. The molecule has 18 heavy (non-hydrogen) atoms. The topological polar surface area (TPSA) is 20.3 Å². The molecule has 0 N–H and O–H groups in total. The number of hydrogen-bond acceptors (Lipinski definition) is 1. The van der Waals surface area contributed by atoms with Gasteiger partial charge in [0.2, 0.25) is 5.91 Å². The van der Waals surface area contributed by atoms with Gasteiger partial charge < -0.3 is 4.90 Å². The van der Waals surface area contributed by atoms with E-state index in [9.17, 15) is 18.0 Å². The van der Waals surface area contributed by atoms with Crippen LogP contribution in [-0.4, -0.2) is 34.4 Å². The van der Waals surface area contributed by atoms with Gasteiger partial charge in [-0.2, -0.15) is 13.2 Å². The second kappa shape index (κ2) is 5.80. The van der Waals surface area contributed by atoms with Crippen molar-refractivity contribution in [1.29, 1.82) is 0 Å². The molecule has 0 radical (unpaired) electrons. The lowest BCUT2D eigenvalue weighted by Crippen LogP contribution is -2.49. The summed E-state index contributed by atoms with van der Waals surface area (Å²) in [6.07, 6.45) is -2.30. The number of amides is 1. The zero-order valence-electron chi connectivity index (χ0n) is 10.7. The molecule has 1 aliphatic heterocycles. The SMILES string of the molecule is CC1(C)C(C(F)(F)F)CCN1C(=O)CCCCBr. The highest BCUT2D eigenvalue weighted by molar-refractivity contribution is 9.09. The molecule has 0 spiro atoms. The number of nitrogens with zero attached hydrogens (tertiary/aromatic N) is 1. The van der Waals surface area contributed by atoms with Crippen LogP contribution in [0.5, 0.6) is 0 Å². The van der Waals surface area contributed by atoms with Crippen molar-refractivity contribution in [2.24, 2.45) is 5.92 Å². The van der Waals surface area contributed by atoms with Crippen LogP contribution in [0.3, 0.4) is 0 Å². The van der Waals surface area contributed by atoms with Crippen LogP contribution < -0.4 is 0 Å². The predicted molar refractivity (Wildman–Crippen MR) is 67.6 cm³/mol.